The first-order valence-corrected chi connectivity index (χ1v) is 9.01. The maximum atomic E-state index is 15.0. The number of methoxy groups -OCH3 is 1. The van der Waals surface area contributed by atoms with Crippen LogP contribution >= 0.6 is 11.6 Å². The Morgan fingerprint density at radius 3 is 2.79 bits per heavy atom. The number of rotatable bonds is 3. The number of hydrogen-bond donors (Lipinski definition) is 1. The van der Waals surface area contributed by atoms with E-state index >= 15 is 0 Å². The summed E-state index contributed by atoms with van der Waals surface area (Å²) in [5.41, 5.74) is 1.71. The number of ether oxygens (including phenoxy) is 1. The second-order valence-electron chi connectivity index (χ2n) is 6.41. The van der Waals surface area contributed by atoms with Crippen molar-refractivity contribution in [1.29, 1.82) is 0 Å². The van der Waals surface area contributed by atoms with Gasteiger partial charge in [-0.05, 0) is 23.8 Å². The summed E-state index contributed by atoms with van der Waals surface area (Å²) in [6, 6.07) is 8.06. The van der Waals surface area contributed by atoms with Crippen LogP contribution in [0.2, 0.25) is 5.02 Å². The van der Waals surface area contributed by atoms with Crippen molar-refractivity contribution >= 4 is 11.6 Å². The third-order valence-corrected chi connectivity index (χ3v) is 4.85. The minimum absolute atomic E-state index is 0.0609. The number of benzene rings is 1. The lowest BCUT2D eigenvalue weighted by Crippen LogP contribution is -2.31. The van der Waals surface area contributed by atoms with E-state index in [1.807, 2.05) is 0 Å². The molecule has 1 aliphatic heterocycles. The normalized spacial score (nSPS) is 13.3. The molecule has 0 aliphatic carbocycles. The van der Waals surface area contributed by atoms with E-state index in [1.54, 1.807) is 6.07 Å². The molecule has 0 unspecified atom stereocenters. The largest absolute Gasteiger partial charge is 0.479 e. The Morgan fingerprint density at radius 2 is 2.04 bits per heavy atom. The Balaban J connectivity index is 1.94. The van der Waals surface area contributed by atoms with Crippen LogP contribution in [0.15, 0.2) is 41.2 Å². The van der Waals surface area contributed by atoms with Crippen LogP contribution in [0, 0.1) is 11.6 Å². The number of pyridine rings is 2. The van der Waals surface area contributed by atoms with Crippen LogP contribution in [0.25, 0.3) is 16.9 Å². The van der Waals surface area contributed by atoms with Crippen LogP contribution in [0.1, 0.15) is 11.3 Å². The molecule has 0 bridgehead atoms. The molecule has 3 heterocycles. The van der Waals surface area contributed by atoms with Gasteiger partial charge in [0.25, 0.3) is 5.56 Å². The molecule has 0 spiro atoms. The van der Waals surface area contributed by atoms with Crippen LogP contribution in [0.4, 0.5) is 8.78 Å². The van der Waals surface area contributed by atoms with Gasteiger partial charge in [0.05, 0.1) is 7.11 Å². The Hall–Kier alpha value is -2.77. The van der Waals surface area contributed by atoms with Gasteiger partial charge in [0.2, 0.25) is 5.88 Å². The topological polar surface area (TPSA) is 56.2 Å². The smallest absolute Gasteiger partial charge is 0.255 e. The predicted molar refractivity (Wildman–Crippen MR) is 102 cm³/mol. The average molecular weight is 404 g/mol. The molecule has 0 atom stereocenters. The minimum Gasteiger partial charge on any atom is -0.479 e. The summed E-state index contributed by atoms with van der Waals surface area (Å²) in [6.45, 7) is 1.32. The molecule has 0 saturated heterocycles. The lowest BCUT2D eigenvalue weighted by molar-refractivity contribution is 0.393. The highest BCUT2D eigenvalue weighted by atomic mass is 35.5. The Labute approximate surface area is 164 Å². The standard InChI is InChI=1S/C20H16ClF2N3O2/c1-28-20-17(26-16-4-5-24-10-11(16)2-3-18(26)27)9-15(23)19(25-20)12-6-13(21)8-14(22)7-12/h2-3,6-9,24H,4-5,10H2,1H3. The summed E-state index contributed by atoms with van der Waals surface area (Å²) in [5.74, 6) is -1.26. The highest BCUT2D eigenvalue weighted by Gasteiger charge is 2.21. The second-order valence-corrected chi connectivity index (χ2v) is 6.85. The SMILES string of the molecule is COc1nc(-c2cc(F)cc(Cl)c2)c(F)cc1-n1c2c(ccc1=O)CNCC2. The Morgan fingerprint density at radius 1 is 1.21 bits per heavy atom. The summed E-state index contributed by atoms with van der Waals surface area (Å²) >= 11 is 5.88. The summed E-state index contributed by atoms with van der Waals surface area (Å²) < 4.78 is 35.4. The summed E-state index contributed by atoms with van der Waals surface area (Å²) in [5, 5.41) is 3.36. The van der Waals surface area contributed by atoms with Crippen molar-refractivity contribution in [2.24, 2.45) is 0 Å². The molecule has 5 nitrogen and oxygen atoms in total. The number of nitrogens with zero attached hydrogens (tertiary/aromatic N) is 2. The molecule has 1 aromatic carbocycles. The highest BCUT2D eigenvalue weighted by Crippen LogP contribution is 2.31. The summed E-state index contributed by atoms with van der Waals surface area (Å²) in [4.78, 5) is 16.8. The van der Waals surface area contributed by atoms with E-state index in [-0.39, 0.29) is 33.4 Å². The van der Waals surface area contributed by atoms with Crippen molar-refractivity contribution in [1.82, 2.24) is 14.9 Å². The fraction of sp³-hybridized carbons (Fsp3) is 0.200. The van der Waals surface area contributed by atoms with Gasteiger partial charge in [-0.2, -0.15) is 0 Å². The molecular weight excluding hydrogens is 388 g/mol. The lowest BCUT2D eigenvalue weighted by Gasteiger charge is -2.22. The van der Waals surface area contributed by atoms with Crippen molar-refractivity contribution < 1.29 is 13.5 Å². The van der Waals surface area contributed by atoms with Gasteiger partial charge in [-0.25, -0.2) is 13.8 Å². The molecule has 28 heavy (non-hydrogen) atoms. The molecule has 0 amide bonds. The van der Waals surface area contributed by atoms with Gasteiger partial charge >= 0.3 is 0 Å². The number of nitrogens with one attached hydrogen (secondary N) is 1. The van der Waals surface area contributed by atoms with E-state index in [0.717, 1.165) is 23.4 Å². The van der Waals surface area contributed by atoms with Gasteiger partial charge in [0, 0.05) is 47.9 Å². The van der Waals surface area contributed by atoms with Gasteiger partial charge in [-0.1, -0.05) is 17.7 Å². The maximum absolute atomic E-state index is 15.0. The third kappa shape index (κ3) is 3.27. The molecule has 0 radical (unpaired) electrons. The maximum Gasteiger partial charge on any atom is 0.255 e. The van der Waals surface area contributed by atoms with E-state index in [4.69, 9.17) is 16.3 Å². The van der Waals surface area contributed by atoms with Crippen molar-refractivity contribution in [3.05, 3.63) is 74.7 Å². The first-order chi connectivity index (χ1) is 13.5. The molecule has 3 aromatic rings. The number of halogens is 3. The van der Waals surface area contributed by atoms with Gasteiger partial charge in [0.15, 0.2) is 5.82 Å². The zero-order valence-corrected chi connectivity index (χ0v) is 15.7. The number of aromatic nitrogens is 2. The van der Waals surface area contributed by atoms with E-state index in [1.165, 1.54) is 29.9 Å². The monoisotopic (exact) mass is 403 g/mol. The molecular formula is C20H16ClF2N3O2. The van der Waals surface area contributed by atoms with Crippen LogP contribution in [0.3, 0.4) is 0 Å². The molecule has 1 aliphatic rings. The van der Waals surface area contributed by atoms with Gasteiger partial charge in [-0.3, -0.25) is 9.36 Å². The molecule has 2 aromatic heterocycles. The highest BCUT2D eigenvalue weighted by molar-refractivity contribution is 6.30. The predicted octanol–water partition coefficient (Wildman–Crippen LogP) is 3.49. The van der Waals surface area contributed by atoms with Crippen molar-refractivity contribution in [2.45, 2.75) is 13.0 Å². The lowest BCUT2D eigenvalue weighted by atomic mass is 10.1. The van der Waals surface area contributed by atoms with Crippen LogP contribution in [-0.2, 0) is 13.0 Å². The molecule has 8 heteroatoms. The Bertz CT molecular complexity index is 1110. The van der Waals surface area contributed by atoms with E-state index < -0.39 is 11.6 Å². The van der Waals surface area contributed by atoms with Crippen molar-refractivity contribution in [3.63, 3.8) is 0 Å². The molecule has 1 N–H and O–H groups in total. The van der Waals surface area contributed by atoms with Crippen molar-refractivity contribution in [3.8, 4) is 22.8 Å². The number of hydrogen-bond acceptors (Lipinski definition) is 4. The van der Waals surface area contributed by atoms with Gasteiger partial charge in [0.1, 0.15) is 17.2 Å². The van der Waals surface area contributed by atoms with Crippen molar-refractivity contribution in [2.75, 3.05) is 13.7 Å². The summed E-state index contributed by atoms with van der Waals surface area (Å²) in [7, 11) is 1.38. The third-order valence-electron chi connectivity index (χ3n) is 4.63. The molecule has 4 rings (SSSR count). The van der Waals surface area contributed by atoms with Gasteiger partial charge in [-0.15, -0.1) is 0 Å². The molecule has 0 saturated carbocycles. The molecule has 0 fully saturated rings. The first-order valence-electron chi connectivity index (χ1n) is 8.64. The number of fused-ring (bicyclic) bond motifs is 1. The zero-order chi connectivity index (χ0) is 19.8. The van der Waals surface area contributed by atoms with E-state index in [0.29, 0.717) is 19.5 Å². The van der Waals surface area contributed by atoms with Crippen LogP contribution in [0.5, 0.6) is 5.88 Å². The zero-order valence-electron chi connectivity index (χ0n) is 14.9. The minimum atomic E-state index is -0.712. The summed E-state index contributed by atoms with van der Waals surface area (Å²) in [6.07, 6.45) is 0.609. The van der Waals surface area contributed by atoms with E-state index in [9.17, 15) is 13.6 Å². The van der Waals surface area contributed by atoms with Crippen LogP contribution in [-0.4, -0.2) is 23.2 Å². The fourth-order valence-corrected chi connectivity index (χ4v) is 3.63. The fourth-order valence-electron chi connectivity index (χ4n) is 3.41. The Kier molecular flexibility index (Phi) is 4.87. The quantitative estimate of drug-likeness (QED) is 0.727. The second kappa shape index (κ2) is 7.33. The van der Waals surface area contributed by atoms with E-state index in [2.05, 4.69) is 10.3 Å². The van der Waals surface area contributed by atoms with Gasteiger partial charge < -0.3 is 10.1 Å². The van der Waals surface area contributed by atoms with Crippen LogP contribution < -0.4 is 15.6 Å². The average Bonchev–Trinajstić information content (AvgIpc) is 2.67. The molecule has 144 valence electrons. The first kappa shape index (κ1) is 18.6.